The minimum Gasteiger partial charge on any atom is -0.344 e. The van der Waals surface area contributed by atoms with Crippen LogP contribution >= 0.6 is 0 Å². The average Bonchev–Trinajstić information content (AvgIpc) is 2.56. The maximum atomic E-state index is 4.07. The Morgan fingerprint density at radius 3 is 2.48 bits per heavy atom. The Balaban J connectivity index is 1.84. The number of para-hydroxylation sites is 1. The third-order valence-electron chi connectivity index (χ3n) is 3.82. The molecule has 2 aromatic rings. The predicted molar refractivity (Wildman–Crippen MR) is 89.2 cm³/mol. The molecule has 0 atom stereocenters. The monoisotopic (exact) mass is 276 g/mol. The molecule has 0 bridgehead atoms. The second-order valence-electron chi connectivity index (χ2n) is 5.58. The van der Waals surface area contributed by atoms with E-state index < -0.39 is 0 Å². The molecule has 1 aliphatic heterocycles. The van der Waals surface area contributed by atoms with E-state index in [1.807, 2.05) is 24.5 Å². The maximum Gasteiger partial charge on any atom is 0.0444 e. The highest BCUT2D eigenvalue weighted by atomic mass is 15.1. The van der Waals surface area contributed by atoms with Crippen molar-refractivity contribution in [1.82, 2.24) is 4.98 Å². The van der Waals surface area contributed by atoms with E-state index in [1.165, 1.54) is 22.4 Å². The van der Waals surface area contributed by atoms with Crippen LogP contribution in [0, 0.1) is 0 Å². The summed E-state index contributed by atoms with van der Waals surface area (Å²) in [6.45, 7) is 5.38. The van der Waals surface area contributed by atoms with E-state index in [2.05, 4.69) is 66.3 Å². The summed E-state index contributed by atoms with van der Waals surface area (Å²) in [4.78, 5) is 6.38. The average molecular weight is 276 g/mol. The molecule has 21 heavy (non-hydrogen) atoms. The Morgan fingerprint density at radius 1 is 1.05 bits per heavy atom. The SMILES string of the molecule is CC(C)c1ccccc1N1C=CC(c2ccncc2)=CC1. The number of allylic oxidation sites excluding steroid dienone is 2. The molecule has 2 heterocycles. The van der Waals surface area contributed by atoms with Crippen LogP contribution < -0.4 is 4.90 Å². The molecule has 0 amide bonds. The van der Waals surface area contributed by atoms with Gasteiger partial charge in [0.15, 0.2) is 0 Å². The van der Waals surface area contributed by atoms with Crippen LogP contribution in [-0.4, -0.2) is 11.5 Å². The second-order valence-corrected chi connectivity index (χ2v) is 5.58. The van der Waals surface area contributed by atoms with E-state index in [0.717, 1.165) is 6.54 Å². The summed E-state index contributed by atoms with van der Waals surface area (Å²) in [7, 11) is 0. The van der Waals surface area contributed by atoms with E-state index in [9.17, 15) is 0 Å². The van der Waals surface area contributed by atoms with Crippen LogP contribution in [0.3, 0.4) is 0 Å². The van der Waals surface area contributed by atoms with Gasteiger partial charge in [-0.25, -0.2) is 0 Å². The van der Waals surface area contributed by atoms with Gasteiger partial charge in [0, 0.05) is 30.8 Å². The van der Waals surface area contributed by atoms with Gasteiger partial charge in [-0.15, -0.1) is 0 Å². The summed E-state index contributed by atoms with van der Waals surface area (Å²) in [5.74, 6) is 0.528. The van der Waals surface area contributed by atoms with Gasteiger partial charge in [-0.1, -0.05) is 38.1 Å². The van der Waals surface area contributed by atoms with Gasteiger partial charge in [-0.3, -0.25) is 4.98 Å². The first-order chi connectivity index (χ1) is 10.3. The van der Waals surface area contributed by atoms with Crippen molar-refractivity contribution in [1.29, 1.82) is 0 Å². The molecule has 0 saturated heterocycles. The second kappa shape index (κ2) is 5.96. The Bertz CT molecular complexity index is 669. The molecular weight excluding hydrogens is 256 g/mol. The summed E-state index contributed by atoms with van der Waals surface area (Å²) >= 11 is 0. The number of pyridine rings is 1. The summed E-state index contributed by atoms with van der Waals surface area (Å²) in [5.41, 5.74) is 5.17. The van der Waals surface area contributed by atoms with E-state index in [-0.39, 0.29) is 0 Å². The highest BCUT2D eigenvalue weighted by Gasteiger charge is 2.13. The highest BCUT2D eigenvalue weighted by Crippen LogP contribution is 2.30. The van der Waals surface area contributed by atoms with Crippen LogP contribution in [0.5, 0.6) is 0 Å². The van der Waals surface area contributed by atoms with Crippen molar-refractivity contribution in [2.75, 3.05) is 11.4 Å². The van der Waals surface area contributed by atoms with Crippen LogP contribution in [-0.2, 0) is 0 Å². The maximum absolute atomic E-state index is 4.07. The van der Waals surface area contributed by atoms with E-state index >= 15 is 0 Å². The Kier molecular flexibility index (Phi) is 3.87. The van der Waals surface area contributed by atoms with Crippen molar-refractivity contribution in [3.8, 4) is 0 Å². The van der Waals surface area contributed by atoms with Crippen molar-refractivity contribution in [3.63, 3.8) is 0 Å². The first kappa shape index (κ1) is 13.6. The molecule has 106 valence electrons. The lowest BCUT2D eigenvalue weighted by atomic mass is 9.99. The summed E-state index contributed by atoms with van der Waals surface area (Å²) < 4.78 is 0. The van der Waals surface area contributed by atoms with Gasteiger partial charge in [-0.2, -0.15) is 0 Å². The number of anilines is 1. The molecule has 0 unspecified atom stereocenters. The van der Waals surface area contributed by atoms with Gasteiger partial charge < -0.3 is 4.90 Å². The van der Waals surface area contributed by atoms with Crippen molar-refractivity contribution in [2.24, 2.45) is 0 Å². The van der Waals surface area contributed by atoms with Crippen molar-refractivity contribution < 1.29 is 0 Å². The molecule has 0 saturated carbocycles. The molecule has 0 fully saturated rings. The van der Waals surface area contributed by atoms with Gasteiger partial charge in [0.05, 0.1) is 0 Å². The number of nitrogens with zero attached hydrogens (tertiary/aromatic N) is 2. The zero-order chi connectivity index (χ0) is 14.7. The lowest BCUT2D eigenvalue weighted by molar-refractivity contribution is 0.857. The number of hydrogen-bond acceptors (Lipinski definition) is 2. The third kappa shape index (κ3) is 2.89. The molecule has 1 aromatic carbocycles. The number of benzene rings is 1. The number of rotatable bonds is 3. The Labute approximate surface area is 126 Å². The van der Waals surface area contributed by atoms with Crippen LogP contribution in [0.4, 0.5) is 5.69 Å². The number of hydrogen-bond donors (Lipinski definition) is 0. The first-order valence-corrected chi connectivity index (χ1v) is 7.40. The molecule has 1 aromatic heterocycles. The zero-order valence-corrected chi connectivity index (χ0v) is 12.5. The molecule has 3 rings (SSSR count). The zero-order valence-electron chi connectivity index (χ0n) is 12.5. The lowest BCUT2D eigenvalue weighted by Gasteiger charge is -2.26. The third-order valence-corrected chi connectivity index (χ3v) is 3.82. The molecule has 1 aliphatic rings. The van der Waals surface area contributed by atoms with Gasteiger partial charge >= 0.3 is 0 Å². The normalized spacial score (nSPS) is 14.4. The smallest absolute Gasteiger partial charge is 0.0444 e. The Hall–Kier alpha value is -2.35. The standard InChI is InChI=1S/C19H20N2/c1-15(2)18-5-3-4-6-19(18)21-13-9-17(10-14-21)16-7-11-20-12-8-16/h3-13,15H,14H2,1-2H3. The van der Waals surface area contributed by atoms with Crippen LogP contribution in [0.1, 0.15) is 30.9 Å². The van der Waals surface area contributed by atoms with Gasteiger partial charge in [0.25, 0.3) is 0 Å². The summed E-state index contributed by atoms with van der Waals surface area (Å²) in [6, 6.07) is 12.7. The Morgan fingerprint density at radius 2 is 1.81 bits per heavy atom. The topological polar surface area (TPSA) is 16.1 Å². The number of aromatic nitrogens is 1. The van der Waals surface area contributed by atoms with Gasteiger partial charge in [0.2, 0.25) is 0 Å². The van der Waals surface area contributed by atoms with Crippen molar-refractivity contribution >= 4 is 11.3 Å². The highest BCUT2D eigenvalue weighted by molar-refractivity contribution is 5.77. The largest absolute Gasteiger partial charge is 0.344 e. The molecule has 0 spiro atoms. The minimum absolute atomic E-state index is 0.528. The molecule has 0 aliphatic carbocycles. The summed E-state index contributed by atoms with van der Waals surface area (Å²) in [6.07, 6.45) is 10.3. The fourth-order valence-corrected chi connectivity index (χ4v) is 2.67. The fourth-order valence-electron chi connectivity index (χ4n) is 2.67. The van der Waals surface area contributed by atoms with Crippen LogP contribution in [0.25, 0.3) is 5.57 Å². The molecule has 0 radical (unpaired) electrons. The quantitative estimate of drug-likeness (QED) is 0.813. The summed E-state index contributed by atoms with van der Waals surface area (Å²) in [5, 5.41) is 0. The van der Waals surface area contributed by atoms with Gasteiger partial charge in [-0.05, 0) is 46.9 Å². The van der Waals surface area contributed by atoms with Gasteiger partial charge in [0.1, 0.15) is 0 Å². The predicted octanol–water partition coefficient (Wildman–Crippen LogP) is 4.62. The van der Waals surface area contributed by atoms with E-state index in [4.69, 9.17) is 0 Å². The van der Waals surface area contributed by atoms with Crippen molar-refractivity contribution in [3.05, 3.63) is 78.3 Å². The molecule has 2 heteroatoms. The minimum atomic E-state index is 0.528. The first-order valence-electron chi connectivity index (χ1n) is 7.40. The van der Waals surface area contributed by atoms with Crippen LogP contribution in [0.2, 0.25) is 0 Å². The van der Waals surface area contributed by atoms with Crippen LogP contribution in [0.15, 0.2) is 67.1 Å². The molecular formula is C19H20N2. The molecule has 2 nitrogen and oxygen atoms in total. The van der Waals surface area contributed by atoms with Crippen molar-refractivity contribution in [2.45, 2.75) is 19.8 Å². The van der Waals surface area contributed by atoms with E-state index in [1.54, 1.807) is 0 Å². The lowest BCUT2D eigenvalue weighted by Crippen LogP contribution is -2.20. The fraction of sp³-hybridized carbons (Fsp3) is 0.211. The molecule has 0 N–H and O–H groups in total. The van der Waals surface area contributed by atoms with E-state index in [0.29, 0.717) is 5.92 Å².